The summed E-state index contributed by atoms with van der Waals surface area (Å²) in [5.41, 5.74) is 4.63. The molecule has 4 heterocycles. The Kier molecular flexibility index (Phi) is 13.5. The SMILES string of the molecule is COCCN(C)c1nc(C2CCN(Cc3cccnc3)CC2)cc2c1ncn2C(C)C.O=C(O)C(F)(F)F.O=C(O)C(F)(F)F. The minimum absolute atomic E-state index is 0.360. The average Bonchev–Trinajstić information content (AvgIpc) is 3.40. The van der Waals surface area contributed by atoms with Crippen LogP contribution in [0, 0.1) is 0 Å². The van der Waals surface area contributed by atoms with Crippen molar-refractivity contribution in [1.82, 2.24) is 24.4 Å². The molecule has 1 fully saturated rings. The lowest BCUT2D eigenvalue weighted by molar-refractivity contribution is -0.193. The van der Waals surface area contributed by atoms with Gasteiger partial charge in [0.1, 0.15) is 5.52 Å². The molecule has 4 rings (SSSR count). The number of carbonyl (C=O) groups is 2. The van der Waals surface area contributed by atoms with Crippen molar-refractivity contribution >= 4 is 28.8 Å². The fourth-order valence-corrected chi connectivity index (χ4v) is 4.39. The molecule has 45 heavy (non-hydrogen) atoms. The number of carboxylic acid groups (broad SMARTS) is 2. The van der Waals surface area contributed by atoms with Crippen LogP contribution in [0.5, 0.6) is 0 Å². The van der Waals surface area contributed by atoms with Gasteiger partial charge in [-0.05, 0) is 57.5 Å². The number of carboxylic acids is 2. The van der Waals surface area contributed by atoms with E-state index < -0.39 is 24.3 Å². The van der Waals surface area contributed by atoms with Gasteiger partial charge in [0, 0.05) is 57.3 Å². The molecule has 2 N–H and O–H groups in total. The first-order chi connectivity index (χ1) is 20.9. The predicted octanol–water partition coefficient (Wildman–Crippen LogP) is 5.14. The zero-order valence-corrected chi connectivity index (χ0v) is 25.1. The van der Waals surface area contributed by atoms with E-state index in [0.717, 1.165) is 50.4 Å². The Hall–Kier alpha value is -3.99. The molecule has 0 unspecified atom stereocenters. The number of fused-ring (bicyclic) bond motifs is 1. The molecular weight excluding hydrogens is 614 g/mol. The summed E-state index contributed by atoms with van der Waals surface area (Å²) in [5, 5.41) is 14.2. The van der Waals surface area contributed by atoms with E-state index in [2.05, 4.69) is 52.4 Å². The van der Waals surface area contributed by atoms with Gasteiger partial charge >= 0.3 is 24.3 Å². The summed E-state index contributed by atoms with van der Waals surface area (Å²) in [5.74, 6) is -4.08. The third kappa shape index (κ3) is 11.5. The van der Waals surface area contributed by atoms with Gasteiger partial charge in [-0.2, -0.15) is 26.3 Å². The van der Waals surface area contributed by atoms with E-state index in [1.807, 2.05) is 24.8 Å². The van der Waals surface area contributed by atoms with Crippen LogP contribution in [0.4, 0.5) is 32.2 Å². The van der Waals surface area contributed by atoms with Gasteiger partial charge in [0.15, 0.2) is 5.82 Å². The van der Waals surface area contributed by atoms with Gasteiger partial charge < -0.3 is 24.4 Å². The van der Waals surface area contributed by atoms with E-state index in [0.29, 0.717) is 18.6 Å². The van der Waals surface area contributed by atoms with Gasteiger partial charge in [0.05, 0.1) is 18.5 Å². The summed E-state index contributed by atoms with van der Waals surface area (Å²) >= 11 is 0. The lowest BCUT2D eigenvalue weighted by atomic mass is 9.92. The van der Waals surface area contributed by atoms with E-state index in [4.69, 9.17) is 34.5 Å². The average molecular weight is 651 g/mol. The number of nitrogens with zero attached hydrogens (tertiary/aromatic N) is 6. The molecule has 0 atom stereocenters. The van der Waals surface area contributed by atoms with Crippen molar-refractivity contribution in [2.75, 3.05) is 45.3 Å². The number of hydrogen-bond donors (Lipinski definition) is 2. The second kappa shape index (κ2) is 16.4. The smallest absolute Gasteiger partial charge is 0.475 e. The minimum atomic E-state index is -5.08. The molecule has 17 heteroatoms. The Bertz CT molecular complexity index is 1350. The molecular formula is C28H36F6N6O5. The molecule has 3 aromatic heterocycles. The molecule has 0 radical (unpaired) electrons. The van der Waals surface area contributed by atoms with E-state index >= 15 is 0 Å². The van der Waals surface area contributed by atoms with Crippen molar-refractivity contribution in [3.05, 3.63) is 48.2 Å². The quantitative estimate of drug-likeness (QED) is 0.316. The summed E-state index contributed by atoms with van der Waals surface area (Å²) in [7, 11) is 3.82. The molecule has 0 saturated carbocycles. The van der Waals surface area contributed by atoms with Crippen molar-refractivity contribution in [1.29, 1.82) is 0 Å². The molecule has 11 nitrogen and oxygen atoms in total. The normalized spacial score (nSPS) is 14.4. The standard InChI is InChI=1S/C24H34N6O.2C2HF3O2/c1-18(2)30-17-26-23-22(30)14-21(27-24(23)28(3)12-13-31-4)20-7-10-29(11-8-20)16-19-6-5-9-25-15-19;2*3-2(4,5)1(6)7/h5-6,9,14-15,17-18,20H,7-8,10-13,16H2,1-4H3;2*(H,6,7). The highest BCUT2D eigenvalue weighted by Gasteiger charge is 2.39. The maximum Gasteiger partial charge on any atom is 0.490 e. The van der Waals surface area contributed by atoms with Crippen molar-refractivity contribution in [2.24, 2.45) is 0 Å². The zero-order valence-electron chi connectivity index (χ0n) is 25.1. The number of pyridine rings is 2. The van der Waals surface area contributed by atoms with Crippen LogP contribution in [0.25, 0.3) is 11.0 Å². The van der Waals surface area contributed by atoms with E-state index in [9.17, 15) is 26.3 Å². The van der Waals surface area contributed by atoms with Gasteiger partial charge in [-0.25, -0.2) is 19.6 Å². The second-order valence-corrected chi connectivity index (χ2v) is 10.4. The van der Waals surface area contributed by atoms with E-state index in [-0.39, 0.29) is 0 Å². The molecule has 0 spiro atoms. The van der Waals surface area contributed by atoms with Crippen molar-refractivity contribution in [3.63, 3.8) is 0 Å². The number of likely N-dealkylation sites (N-methyl/N-ethyl adjacent to an activating group) is 1. The van der Waals surface area contributed by atoms with Crippen LogP contribution in [-0.2, 0) is 20.9 Å². The first kappa shape index (κ1) is 37.2. The third-order valence-corrected chi connectivity index (χ3v) is 6.73. The molecule has 0 aromatic carbocycles. The number of aliphatic carboxylic acids is 2. The molecule has 0 amide bonds. The van der Waals surface area contributed by atoms with Gasteiger partial charge in [0.25, 0.3) is 0 Å². The minimum Gasteiger partial charge on any atom is -0.475 e. The fourth-order valence-electron chi connectivity index (χ4n) is 4.39. The molecule has 1 aliphatic rings. The number of halogens is 6. The number of alkyl halides is 6. The number of ether oxygens (including phenoxy) is 1. The molecule has 0 aliphatic carbocycles. The van der Waals surface area contributed by atoms with Crippen LogP contribution in [0.2, 0.25) is 0 Å². The summed E-state index contributed by atoms with van der Waals surface area (Å²) in [6.07, 6.45) is -2.17. The Morgan fingerprint density at radius 2 is 1.67 bits per heavy atom. The largest absolute Gasteiger partial charge is 0.490 e. The molecule has 250 valence electrons. The van der Waals surface area contributed by atoms with E-state index in [1.54, 1.807) is 7.11 Å². The lowest BCUT2D eigenvalue weighted by Crippen LogP contribution is -2.33. The summed E-state index contributed by atoms with van der Waals surface area (Å²) in [6.45, 7) is 8.99. The van der Waals surface area contributed by atoms with Crippen LogP contribution in [0.1, 0.15) is 49.9 Å². The maximum absolute atomic E-state index is 10.6. The molecule has 1 aliphatic heterocycles. The van der Waals surface area contributed by atoms with E-state index in [1.165, 1.54) is 16.8 Å². The molecule has 1 saturated heterocycles. The summed E-state index contributed by atoms with van der Waals surface area (Å²) in [4.78, 5) is 36.6. The van der Waals surface area contributed by atoms with Gasteiger partial charge in [0.2, 0.25) is 0 Å². The van der Waals surface area contributed by atoms with Crippen LogP contribution in [0.15, 0.2) is 36.9 Å². The van der Waals surface area contributed by atoms with Crippen LogP contribution in [0.3, 0.4) is 0 Å². The highest BCUT2D eigenvalue weighted by atomic mass is 19.4. The number of aromatic nitrogens is 4. The zero-order chi connectivity index (χ0) is 33.9. The van der Waals surface area contributed by atoms with Crippen molar-refractivity contribution in [3.8, 4) is 0 Å². The Balaban J connectivity index is 0.000000421. The lowest BCUT2D eigenvalue weighted by Gasteiger charge is -2.32. The highest BCUT2D eigenvalue weighted by molar-refractivity contribution is 5.87. The Morgan fingerprint density at radius 3 is 2.13 bits per heavy atom. The highest BCUT2D eigenvalue weighted by Crippen LogP contribution is 2.33. The number of anilines is 1. The van der Waals surface area contributed by atoms with Crippen LogP contribution < -0.4 is 4.90 Å². The first-order valence-corrected chi connectivity index (χ1v) is 13.7. The number of likely N-dealkylation sites (tertiary alicyclic amines) is 1. The van der Waals surface area contributed by atoms with Gasteiger partial charge in [-0.3, -0.25) is 9.88 Å². The number of piperidine rings is 1. The number of hydrogen-bond acceptors (Lipinski definition) is 8. The fraction of sp³-hybridized carbons (Fsp3) is 0.536. The third-order valence-electron chi connectivity index (χ3n) is 6.73. The number of imidazole rings is 1. The summed E-state index contributed by atoms with van der Waals surface area (Å²) in [6, 6.07) is 6.81. The Morgan fingerprint density at radius 1 is 1.09 bits per heavy atom. The van der Waals surface area contributed by atoms with Crippen molar-refractivity contribution < 1.29 is 50.9 Å². The predicted molar refractivity (Wildman–Crippen MR) is 152 cm³/mol. The van der Waals surface area contributed by atoms with Gasteiger partial charge in [-0.1, -0.05) is 6.07 Å². The molecule has 3 aromatic rings. The van der Waals surface area contributed by atoms with Crippen LogP contribution >= 0.6 is 0 Å². The summed E-state index contributed by atoms with van der Waals surface area (Å²) < 4.78 is 71.0. The second-order valence-electron chi connectivity index (χ2n) is 10.4. The Labute approximate surface area is 255 Å². The van der Waals surface area contributed by atoms with Crippen LogP contribution in [-0.4, -0.2) is 99.3 Å². The topological polar surface area (TPSA) is 134 Å². The number of rotatable bonds is 8. The monoisotopic (exact) mass is 650 g/mol. The maximum atomic E-state index is 10.6. The van der Waals surface area contributed by atoms with Crippen molar-refractivity contribution in [2.45, 2.75) is 57.5 Å². The van der Waals surface area contributed by atoms with Gasteiger partial charge in [-0.15, -0.1) is 0 Å². The first-order valence-electron chi connectivity index (χ1n) is 13.7. The molecule has 0 bridgehead atoms. The number of methoxy groups -OCH3 is 1.